The average Bonchev–Trinajstić information content (AvgIpc) is 3.19. The first kappa shape index (κ1) is 21.5. The lowest BCUT2D eigenvalue weighted by Crippen LogP contribution is -2.58. The van der Waals surface area contributed by atoms with Crippen LogP contribution in [0.2, 0.25) is 0 Å². The van der Waals surface area contributed by atoms with Gasteiger partial charge in [-0.3, -0.25) is 14.6 Å². The summed E-state index contributed by atoms with van der Waals surface area (Å²) in [4.78, 5) is 18.3. The van der Waals surface area contributed by atoms with Gasteiger partial charge >= 0.3 is 5.97 Å². The van der Waals surface area contributed by atoms with Crippen LogP contribution in [0.5, 0.6) is 11.5 Å². The Bertz CT molecular complexity index is 993. The minimum atomic E-state index is -0.367. The van der Waals surface area contributed by atoms with Crippen LogP contribution >= 0.6 is 0 Å². The van der Waals surface area contributed by atoms with E-state index in [0.29, 0.717) is 24.5 Å². The number of epoxide rings is 1. The molecule has 0 bridgehead atoms. The molecule has 7 nitrogen and oxygen atoms in total. The number of rotatable bonds is 4. The Kier molecular flexibility index (Phi) is 4.78. The second-order valence-corrected chi connectivity index (χ2v) is 11.8. The predicted molar refractivity (Wildman–Crippen MR) is 124 cm³/mol. The first-order chi connectivity index (χ1) is 16.5. The van der Waals surface area contributed by atoms with Gasteiger partial charge < -0.3 is 18.9 Å². The number of benzene rings is 1. The molecule has 1 aromatic rings. The van der Waals surface area contributed by atoms with Gasteiger partial charge in [-0.15, -0.1) is 0 Å². The summed E-state index contributed by atoms with van der Waals surface area (Å²) >= 11 is 0. The van der Waals surface area contributed by atoms with Gasteiger partial charge in [-0.1, -0.05) is 13.0 Å². The van der Waals surface area contributed by atoms with Gasteiger partial charge in [0.25, 0.3) is 0 Å². The van der Waals surface area contributed by atoms with E-state index in [9.17, 15) is 4.79 Å². The highest BCUT2D eigenvalue weighted by molar-refractivity contribution is 5.77. The van der Waals surface area contributed by atoms with Gasteiger partial charge in [-0.2, -0.15) is 0 Å². The van der Waals surface area contributed by atoms with Crippen LogP contribution in [-0.4, -0.2) is 72.6 Å². The SMILES string of the molecule is C[C@@H]1CC[C@@H]2[C@H](CN3CCN(Cc4ccc5c(c4)OCO5)CC3)C(=O)O[C@]23[C@@H]1CC[C@]1(C)O[C@@H]31. The summed E-state index contributed by atoms with van der Waals surface area (Å²) in [6, 6.07) is 6.24. The molecule has 1 spiro atoms. The standard InChI is InChI=1S/C27H36N2O5/c1-17-3-5-21-19(24(30)33-27(21)20(17)7-8-26(2)25(27)34-26)15-29-11-9-28(10-12-29)14-18-4-6-22-23(13-18)32-16-31-22/h4,6,13,17,19-21,25H,3,5,7-12,14-16H2,1-2H3/t17-,19+,20-,21-,25-,26+,27-/m1/s1. The number of piperazine rings is 1. The number of nitrogens with zero attached hydrogens (tertiary/aromatic N) is 2. The fraction of sp³-hybridized carbons (Fsp3) is 0.741. The van der Waals surface area contributed by atoms with Gasteiger partial charge in [0.2, 0.25) is 6.79 Å². The van der Waals surface area contributed by atoms with E-state index in [4.69, 9.17) is 18.9 Å². The van der Waals surface area contributed by atoms with Crippen LogP contribution in [0.1, 0.15) is 45.1 Å². The van der Waals surface area contributed by atoms with Crippen molar-refractivity contribution < 1.29 is 23.7 Å². The number of fused-ring (bicyclic) bond motifs is 2. The lowest BCUT2D eigenvalue weighted by molar-refractivity contribution is -0.168. The molecule has 7 heteroatoms. The van der Waals surface area contributed by atoms with Crippen molar-refractivity contribution in [2.24, 2.45) is 23.7 Å². The molecule has 4 heterocycles. The molecule has 2 aliphatic carbocycles. The molecule has 0 radical (unpaired) electrons. The molecule has 2 saturated carbocycles. The number of carbonyl (C=O) groups is 1. The van der Waals surface area contributed by atoms with E-state index in [2.05, 4.69) is 35.8 Å². The second kappa shape index (κ2) is 7.58. The second-order valence-electron chi connectivity index (χ2n) is 11.8. The molecule has 7 rings (SSSR count). The summed E-state index contributed by atoms with van der Waals surface area (Å²) in [7, 11) is 0. The molecular weight excluding hydrogens is 432 g/mol. The summed E-state index contributed by atoms with van der Waals surface area (Å²) in [5.74, 6) is 3.08. The molecule has 1 aromatic carbocycles. The van der Waals surface area contributed by atoms with Gasteiger partial charge in [0.15, 0.2) is 11.5 Å². The Labute approximate surface area is 201 Å². The molecule has 184 valence electrons. The minimum absolute atomic E-state index is 0.0121. The molecule has 0 unspecified atom stereocenters. The quantitative estimate of drug-likeness (QED) is 0.497. The molecule has 0 aromatic heterocycles. The van der Waals surface area contributed by atoms with Crippen LogP contribution in [0, 0.1) is 23.7 Å². The van der Waals surface area contributed by atoms with Gasteiger partial charge in [0.05, 0.1) is 11.5 Å². The molecule has 0 amide bonds. The summed E-state index contributed by atoms with van der Waals surface area (Å²) in [5.41, 5.74) is 0.820. The molecule has 5 fully saturated rings. The van der Waals surface area contributed by atoms with Crippen molar-refractivity contribution in [1.82, 2.24) is 9.80 Å². The monoisotopic (exact) mass is 468 g/mol. The molecular formula is C27H36N2O5. The summed E-state index contributed by atoms with van der Waals surface area (Å²) in [6.07, 6.45) is 4.64. The number of ether oxygens (including phenoxy) is 4. The van der Waals surface area contributed by atoms with E-state index >= 15 is 0 Å². The third kappa shape index (κ3) is 3.16. The van der Waals surface area contributed by atoms with Crippen LogP contribution < -0.4 is 9.47 Å². The Morgan fingerprint density at radius 1 is 1.00 bits per heavy atom. The van der Waals surface area contributed by atoms with Crippen molar-refractivity contribution in [1.29, 1.82) is 0 Å². The third-order valence-electron chi connectivity index (χ3n) is 9.85. The van der Waals surface area contributed by atoms with Crippen molar-refractivity contribution >= 4 is 5.97 Å². The average molecular weight is 469 g/mol. The van der Waals surface area contributed by atoms with Crippen molar-refractivity contribution in [3.63, 3.8) is 0 Å². The highest BCUT2D eigenvalue weighted by atomic mass is 16.7. The Balaban J connectivity index is 1.01. The zero-order valence-corrected chi connectivity index (χ0v) is 20.3. The van der Waals surface area contributed by atoms with E-state index in [1.54, 1.807) is 0 Å². The van der Waals surface area contributed by atoms with Crippen molar-refractivity contribution in [3.05, 3.63) is 23.8 Å². The number of hydrogen-bond acceptors (Lipinski definition) is 7. The van der Waals surface area contributed by atoms with E-state index < -0.39 is 0 Å². The van der Waals surface area contributed by atoms with Crippen LogP contribution in [-0.2, 0) is 20.8 Å². The molecule has 7 atom stereocenters. The Morgan fingerprint density at radius 2 is 1.79 bits per heavy atom. The normalized spacial score (nSPS) is 43.1. The van der Waals surface area contributed by atoms with E-state index in [-0.39, 0.29) is 29.2 Å². The van der Waals surface area contributed by atoms with Gasteiger partial charge in [0, 0.05) is 51.1 Å². The number of esters is 1. The zero-order valence-electron chi connectivity index (χ0n) is 20.3. The predicted octanol–water partition coefficient (Wildman–Crippen LogP) is 3.06. The van der Waals surface area contributed by atoms with Gasteiger partial charge in [-0.05, 0) is 56.2 Å². The Morgan fingerprint density at radius 3 is 2.65 bits per heavy atom. The van der Waals surface area contributed by atoms with Crippen molar-refractivity contribution in [2.45, 2.75) is 63.4 Å². The molecule has 3 saturated heterocycles. The molecule has 34 heavy (non-hydrogen) atoms. The van der Waals surface area contributed by atoms with Crippen LogP contribution in [0.25, 0.3) is 0 Å². The first-order valence-corrected chi connectivity index (χ1v) is 13.2. The smallest absolute Gasteiger partial charge is 0.311 e. The van der Waals surface area contributed by atoms with E-state index in [1.807, 2.05) is 6.07 Å². The lowest BCUT2D eigenvalue weighted by atomic mass is 9.55. The first-order valence-electron chi connectivity index (χ1n) is 13.2. The van der Waals surface area contributed by atoms with Crippen LogP contribution in [0.4, 0.5) is 0 Å². The largest absolute Gasteiger partial charge is 0.455 e. The van der Waals surface area contributed by atoms with Crippen LogP contribution in [0.15, 0.2) is 18.2 Å². The van der Waals surface area contributed by atoms with Crippen LogP contribution in [0.3, 0.4) is 0 Å². The van der Waals surface area contributed by atoms with E-state index in [1.165, 1.54) is 12.0 Å². The van der Waals surface area contributed by atoms with Crippen molar-refractivity contribution in [2.75, 3.05) is 39.5 Å². The number of carbonyl (C=O) groups excluding carboxylic acids is 1. The number of hydrogen-bond donors (Lipinski definition) is 0. The van der Waals surface area contributed by atoms with E-state index in [0.717, 1.165) is 70.0 Å². The molecule has 0 N–H and O–H groups in total. The fourth-order valence-corrected chi connectivity index (χ4v) is 7.97. The molecule has 6 aliphatic rings. The maximum absolute atomic E-state index is 13.3. The van der Waals surface area contributed by atoms with Gasteiger partial charge in [0.1, 0.15) is 11.7 Å². The topological polar surface area (TPSA) is 63.8 Å². The third-order valence-corrected chi connectivity index (χ3v) is 9.85. The van der Waals surface area contributed by atoms with Crippen molar-refractivity contribution in [3.8, 4) is 11.5 Å². The van der Waals surface area contributed by atoms with Gasteiger partial charge in [-0.25, -0.2) is 0 Å². The highest BCUT2D eigenvalue weighted by Crippen LogP contribution is 2.66. The lowest BCUT2D eigenvalue weighted by Gasteiger charge is -2.50. The highest BCUT2D eigenvalue weighted by Gasteiger charge is 2.77. The maximum Gasteiger partial charge on any atom is 0.311 e. The maximum atomic E-state index is 13.3. The summed E-state index contributed by atoms with van der Waals surface area (Å²) in [6.45, 7) is 10.6. The fourth-order valence-electron chi connectivity index (χ4n) is 7.97. The Hall–Kier alpha value is -1.83. The minimum Gasteiger partial charge on any atom is -0.455 e. The zero-order chi connectivity index (χ0) is 23.1. The summed E-state index contributed by atoms with van der Waals surface area (Å²) < 4.78 is 23.6. The summed E-state index contributed by atoms with van der Waals surface area (Å²) in [5, 5.41) is 0. The molecule has 4 aliphatic heterocycles.